The minimum atomic E-state index is -0.566. The van der Waals surface area contributed by atoms with Crippen molar-refractivity contribution >= 4 is 5.82 Å². The Balaban J connectivity index is 1.65. The summed E-state index contributed by atoms with van der Waals surface area (Å²) < 4.78 is 20.7. The molecule has 132 valence electrons. The molecule has 2 unspecified atom stereocenters. The zero-order valence-corrected chi connectivity index (χ0v) is 13.6. The number of pyridine rings is 1. The van der Waals surface area contributed by atoms with Crippen LogP contribution in [0, 0.1) is 5.82 Å². The summed E-state index contributed by atoms with van der Waals surface area (Å²) in [4.78, 5) is 23.9. The van der Waals surface area contributed by atoms with E-state index in [4.69, 9.17) is 4.74 Å². The fraction of sp³-hybridized carbons (Fsp3) is 0.235. The lowest BCUT2D eigenvalue weighted by Crippen LogP contribution is -2.37. The van der Waals surface area contributed by atoms with E-state index in [1.54, 1.807) is 18.5 Å². The van der Waals surface area contributed by atoms with Gasteiger partial charge in [0.2, 0.25) is 0 Å². The molecule has 9 heteroatoms. The van der Waals surface area contributed by atoms with E-state index in [-0.39, 0.29) is 24.0 Å². The second kappa shape index (κ2) is 6.96. The normalized spacial score (nSPS) is 19.4. The van der Waals surface area contributed by atoms with Gasteiger partial charge < -0.3 is 10.1 Å². The Kier molecular flexibility index (Phi) is 4.36. The van der Waals surface area contributed by atoms with Crippen LogP contribution in [0.25, 0.3) is 11.3 Å². The fourth-order valence-corrected chi connectivity index (χ4v) is 2.86. The molecule has 4 rings (SSSR count). The van der Waals surface area contributed by atoms with E-state index in [9.17, 15) is 9.18 Å². The Morgan fingerprint density at radius 2 is 2.00 bits per heavy atom. The summed E-state index contributed by atoms with van der Waals surface area (Å²) in [7, 11) is 0. The summed E-state index contributed by atoms with van der Waals surface area (Å²) in [6, 6.07) is 6.01. The van der Waals surface area contributed by atoms with Gasteiger partial charge in [0, 0.05) is 24.0 Å². The number of nitrogens with one attached hydrogen (secondary N) is 1. The predicted molar refractivity (Wildman–Crippen MR) is 91.0 cm³/mol. The van der Waals surface area contributed by atoms with Gasteiger partial charge >= 0.3 is 0 Å². The largest absolute Gasteiger partial charge is 0.377 e. The van der Waals surface area contributed by atoms with E-state index in [1.165, 1.54) is 17.1 Å². The van der Waals surface area contributed by atoms with Crippen LogP contribution in [0.1, 0.15) is 6.04 Å². The third-order valence-corrected chi connectivity index (χ3v) is 4.16. The molecular formula is C17H15FN6O2. The maximum absolute atomic E-state index is 13.8. The van der Waals surface area contributed by atoms with Crippen molar-refractivity contribution in [3.63, 3.8) is 0 Å². The Hall–Kier alpha value is -3.20. The highest BCUT2D eigenvalue weighted by molar-refractivity contribution is 5.57. The van der Waals surface area contributed by atoms with Crippen LogP contribution in [-0.4, -0.2) is 44.0 Å². The van der Waals surface area contributed by atoms with Crippen molar-refractivity contribution in [2.75, 3.05) is 18.5 Å². The van der Waals surface area contributed by atoms with Crippen LogP contribution in [0.3, 0.4) is 0 Å². The summed E-state index contributed by atoms with van der Waals surface area (Å²) in [5.74, 6) is -0.497. The zero-order valence-electron chi connectivity index (χ0n) is 13.6. The number of halogens is 1. The minimum absolute atomic E-state index is 0.0684. The first-order chi connectivity index (χ1) is 12.7. The zero-order chi connectivity index (χ0) is 17.9. The number of hydrogen-bond acceptors (Lipinski definition) is 7. The summed E-state index contributed by atoms with van der Waals surface area (Å²) in [5, 5.41) is 7.45. The molecule has 3 aromatic heterocycles. The Morgan fingerprint density at radius 3 is 2.81 bits per heavy atom. The van der Waals surface area contributed by atoms with Crippen LogP contribution < -0.4 is 10.9 Å². The van der Waals surface area contributed by atoms with Crippen LogP contribution in [0.15, 0.2) is 54.0 Å². The second-order valence-electron chi connectivity index (χ2n) is 5.81. The van der Waals surface area contributed by atoms with Gasteiger partial charge in [-0.25, -0.2) is 19.0 Å². The molecule has 8 nitrogen and oxygen atoms in total. The molecule has 1 aliphatic heterocycles. The monoisotopic (exact) mass is 354 g/mol. The van der Waals surface area contributed by atoms with Crippen LogP contribution in [0.4, 0.5) is 10.2 Å². The van der Waals surface area contributed by atoms with Gasteiger partial charge in [0.05, 0.1) is 31.1 Å². The van der Waals surface area contributed by atoms with Crippen molar-refractivity contribution in [1.29, 1.82) is 0 Å². The van der Waals surface area contributed by atoms with Crippen molar-refractivity contribution < 1.29 is 9.13 Å². The second-order valence-corrected chi connectivity index (χ2v) is 5.81. The molecule has 0 spiro atoms. The van der Waals surface area contributed by atoms with Gasteiger partial charge in [0.1, 0.15) is 12.4 Å². The van der Waals surface area contributed by atoms with Crippen molar-refractivity contribution in [3.05, 3.63) is 65.4 Å². The van der Waals surface area contributed by atoms with E-state index in [1.807, 2.05) is 12.1 Å². The van der Waals surface area contributed by atoms with Crippen molar-refractivity contribution in [1.82, 2.24) is 24.7 Å². The number of anilines is 1. The standard InChI is InChI=1S/C17H15FN6O2/c18-12-7-20-10-21-17(12)22-14-8-26-9-15(14)24-16(25)2-1-13(23-24)11-3-5-19-6-4-11/h1-7,10,14-15H,8-9H2,(H,20,21,22). The van der Waals surface area contributed by atoms with E-state index in [2.05, 4.69) is 25.4 Å². The van der Waals surface area contributed by atoms with Crippen molar-refractivity contribution in [2.45, 2.75) is 12.1 Å². The number of ether oxygens (including phenoxy) is 1. The highest BCUT2D eigenvalue weighted by Crippen LogP contribution is 2.23. The molecule has 0 aromatic carbocycles. The summed E-state index contributed by atoms with van der Waals surface area (Å²) >= 11 is 0. The van der Waals surface area contributed by atoms with Gasteiger partial charge in [-0.2, -0.15) is 5.10 Å². The first-order valence-corrected chi connectivity index (χ1v) is 8.02. The maximum Gasteiger partial charge on any atom is 0.267 e. The summed E-state index contributed by atoms with van der Waals surface area (Å²) in [6.45, 7) is 0.596. The number of hydrogen-bond donors (Lipinski definition) is 1. The lowest BCUT2D eigenvalue weighted by atomic mass is 10.1. The smallest absolute Gasteiger partial charge is 0.267 e. The molecule has 2 atom stereocenters. The van der Waals surface area contributed by atoms with Crippen LogP contribution in [0.5, 0.6) is 0 Å². The van der Waals surface area contributed by atoms with E-state index >= 15 is 0 Å². The quantitative estimate of drug-likeness (QED) is 0.754. The molecule has 1 saturated heterocycles. The SMILES string of the molecule is O=c1ccc(-c2ccncc2)nn1C1COCC1Nc1ncncc1F. The molecule has 0 saturated carbocycles. The van der Waals surface area contributed by atoms with Gasteiger partial charge in [-0.15, -0.1) is 0 Å². The molecule has 1 fully saturated rings. The van der Waals surface area contributed by atoms with Crippen LogP contribution in [-0.2, 0) is 4.74 Å². The first-order valence-electron chi connectivity index (χ1n) is 8.02. The molecule has 3 aromatic rings. The minimum Gasteiger partial charge on any atom is -0.377 e. The van der Waals surface area contributed by atoms with Crippen molar-refractivity contribution in [2.24, 2.45) is 0 Å². The highest BCUT2D eigenvalue weighted by atomic mass is 19.1. The van der Waals surface area contributed by atoms with Gasteiger partial charge in [0.25, 0.3) is 5.56 Å². The number of nitrogens with zero attached hydrogens (tertiary/aromatic N) is 5. The van der Waals surface area contributed by atoms with Gasteiger partial charge in [0.15, 0.2) is 11.6 Å². The van der Waals surface area contributed by atoms with E-state index in [0.29, 0.717) is 12.3 Å². The molecule has 4 heterocycles. The average molecular weight is 354 g/mol. The molecule has 0 bridgehead atoms. The van der Waals surface area contributed by atoms with Gasteiger partial charge in [-0.3, -0.25) is 9.78 Å². The maximum atomic E-state index is 13.8. The molecule has 1 N–H and O–H groups in total. The van der Waals surface area contributed by atoms with Crippen LogP contribution >= 0.6 is 0 Å². The fourth-order valence-electron chi connectivity index (χ4n) is 2.86. The predicted octanol–water partition coefficient (Wildman–Crippen LogP) is 1.29. The lowest BCUT2D eigenvalue weighted by molar-refractivity contribution is 0.183. The third-order valence-electron chi connectivity index (χ3n) is 4.16. The molecule has 0 amide bonds. The topological polar surface area (TPSA) is 94.8 Å². The molecule has 0 radical (unpaired) electrons. The Labute approximate surface area is 147 Å². The van der Waals surface area contributed by atoms with E-state index < -0.39 is 11.9 Å². The average Bonchev–Trinajstić information content (AvgIpc) is 3.13. The lowest BCUT2D eigenvalue weighted by Gasteiger charge is -2.21. The number of rotatable bonds is 4. The molecule has 0 aliphatic carbocycles. The molecular weight excluding hydrogens is 339 g/mol. The summed E-state index contributed by atoms with van der Waals surface area (Å²) in [5.41, 5.74) is 1.23. The highest BCUT2D eigenvalue weighted by Gasteiger charge is 2.32. The first kappa shape index (κ1) is 16.3. The third kappa shape index (κ3) is 3.16. The van der Waals surface area contributed by atoms with Gasteiger partial charge in [-0.1, -0.05) is 0 Å². The van der Waals surface area contributed by atoms with Crippen LogP contribution in [0.2, 0.25) is 0 Å². The Morgan fingerprint density at radius 1 is 1.15 bits per heavy atom. The van der Waals surface area contributed by atoms with Crippen molar-refractivity contribution in [3.8, 4) is 11.3 Å². The molecule has 26 heavy (non-hydrogen) atoms. The molecule has 1 aliphatic rings. The van der Waals surface area contributed by atoms with Gasteiger partial charge in [-0.05, 0) is 18.2 Å². The van der Waals surface area contributed by atoms with E-state index in [0.717, 1.165) is 11.8 Å². The Bertz CT molecular complexity index is 965. The summed E-state index contributed by atoms with van der Waals surface area (Å²) in [6.07, 6.45) is 5.65. The number of aromatic nitrogens is 5.